The molecule has 5 nitrogen and oxygen atoms in total. The number of ether oxygens (including phenoxy) is 1. The first-order chi connectivity index (χ1) is 11.9. The number of hydrogen-bond donors (Lipinski definition) is 1. The molecular weight excluding hydrogens is 300 g/mol. The van der Waals surface area contributed by atoms with Crippen LogP contribution in [0.3, 0.4) is 0 Å². The fraction of sp³-hybridized carbons (Fsp3) is 0.316. The minimum Gasteiger partial charge on any atom is -0.494 e. The molecule has 0 atom stereocenters. The number of aromatic nitrogens is 2. The van der Waals surface area contributed by atoms with Crippen molar-refractivity contribution >= 4 is 17.0 Å². The Labute approximate surface area is 141 Å². The van der Waals surface area contributed by atoms with Gasteiger partial charge in [0.25, 0.3) is 0 Å². The summed E-state index contributed by atoms with van der Waals surface area (Å²) in [7, 11) is 1.72. The summed E-state index contributed by atoms with van der Waals surface area (Å²) < 4.78 is 7.90. The van der Waals surface area contributed by atoms with Crippen LogP contribution in [0.1, 0.15) is 5.56 Å². The highest BCUT2D eigenvalue weighted by atomic mass is 16.5. The molecule has 1 aliphatic rings. The zero-order valence-corrected chi connectivity index (χ0v) is 13.9. The van der Waals surface area contributed by atoms with Crippen LogP contribution in [-0.4, -0.2) is 42.8 Å². The zero-order chi connectivity index (χ0) is 16.4. The number of hydrogen-bond acceptors (Lipinski definition) is 4. The van der Waals surface area contributed by atoms with Crippen molar-refractivity contribution in [2.24, 2.45) is 0 Å². The monoisotopic (exact) mass is 322 g/mol. The first-order valence-electron chi connectivity index (χ1n) is 8.39. The van der Waals surface area contributed by atoms with Gasteiger partial charge in [-0.15, -0.1) is 0 Å². The van der Waals surface area contributed by atoms with Crippen LogP contribution in [0.25, 0.3) is 11.0 Å². The highest BCUT2D eigenvalue weighted by molar-refractivity contribution is 5.85. The predicted octanol–water partition coefficient (Wildman–Crippen LogP) is 2.50. The molecule has 4 rings (SSSR count). The van der Waals surface area contributed by atoms with Crippen molar-refractivity contribution < 1.29 is 4.74 Å². The Bertz CT molecular complexity index is 822. The third kappa shape index (κ3) is 2.71. The molecule has 0 bridgehead atoms. The Morgan fingerprint density at radius 3 is 2.58 bits per heavy atom. The largest absolute Gasteiger partial charge is 0.494 e. The summed E-state index contributed by atoms with van der Waals surface area (Å²) in [4.78, 5) is 7.28. The van der Waals surface area contributed by atoms with Crippen LogP contribution in [0.4, 0.5) is 5.95 Å². The number of fused-ring (bicyclic) bond motifs is 1. The number of benzene rings is 2. The smallest absolute Gasteiger partial charge is 0.207 e. The Morgan fingerprint density at radius 1 is 1.04 bits per heavy atom. The van der Waals surface area contributed by atoms with E-state index >= 15 is 0 Å². The van der Waals surface area contributed by atoms with Crippen molar-refractivity contribution in [2.45, 2.75) is 6.54 Å². The quantitative estimate of drug-likeness (QED) is 0.801. The Morgan fingerprint density at radius 2 is 1.83 bits per heavy atom. The third-order valence-corrected chi connectivity index (χ3v) is 4.51. The number of nitrogens with zero attached hydrogens (tertiary/aromatic N) is 3. The van der Waals surface area contributed by atoms with Gasteiger partial charge in [0.15, 0.2) is 0 Å². The number of anilines is 1. The van der Waals surface area contributed by atoms with E-state index in [0.717, 1.165) is 55.5 Å². The summed E-state index contributed by atoms with van der Waals surface area (Å²) in [5.74, 6) is 1.90. The van der Waals surface area contributed by atoms with Gasteiger partial charge in [0.05, 0.1) is 19.2 Å². The molecule has 1 saturated heterocycles. The lowest BCUT2D eigenvalue weighted by Gasteiger charge is -2.29. The average molecular weight is 322 g/mol. The van der Waals surface area contributed by atoms with Crippen molar-refractivity contribution in [3.8, 4) is 5.75 Å². The van der Waals surface area contributed by atoms with Gasteiger partial charge in [0.2, 0.25) is 5.95 Å². The lowest BCUT2D eigenvalue weighted by molar-refractivity contribution is 0.417. The van der Waals surface area contributed by atoms with Crippen molar-refractivity contribution in [3.05, 3.63) is 54.1 Å². The molecule has 1 aromatic heterocycles. The third-order valence-electron chi connectivity index (χ3n) is 4.51. The van der Waals surface area contributed by atoms with E-state index < -0.39 is 0 Å². The van der Waals surface area contributed by atoms with E-state index in [1.54, 1.807) is 7.11 Å². The summed E-state index contributed by atoms with van der Waals surface area (Å²) in [6.07, 6.45) is 0. The lowest BCUT2D eigenvalue weighted by atomic mass is 10.2. The first-order valence-corrected chi connectivity index (χ1v) is 8.39. The van der Waals surface area contributed by atoms with Crippen LogP contribution in [-0.2, 0) is 6.54 Å². The highest BCUT2D eigenvalue weighted by Gasteiger charge is 2.21. The van der Waals surface area contributed by atoms with Crippen LogP contribution in [0.5, 0.6) is 5.75 Å². The summed E-state index contributed by atoms with van der Waals surface area (Å²) in [5, 5.41) is 3.41. The maximum Gasteiger partial charge on any atom is 0.207 e. The van der Waals surface area contributed by atoms with E-state index in [0.29, 0.717) is 0 Å². The van der Waals surface area contributed by atoms with E-state index in [-0.39, 0.29) is 0 Å². The molecule has 24 heavy (non-hydrogen) atoms. The normalized spacial score (nSPS) is 15.0. The van der Waals surface area contributed by atoms with E-state index in [1.165, 1.54) is 5.56 Å². The van der Waals surface area contributed by atoms with E-state index in [4.69, 9.17) is 9.72 Å². The van der Waals surface area contributed by atoms with Gasteiger partial charge in [-0.2, -0.15) is 0 Å². The van der Waals surface area contributed by atoms with Crippen LogP contribution in [0, 0.1) is 0 Å². The van der Waals surface area contributed by atoms with Gasteiger partial charge in [-0.05, 0) is 17.7 Å². The molecule has 3 aromatic rings. The van der Waals surface area contributed by atoms with Crippen LogP contribution >= 0.6 is 0 Å². The number of imidazole rings is 1. The van der Waals surface area contributed by atoms with Crippen molar-refractivity contribution in [2.75, 3.05) is 38.2 Å². The zero-order valence-electron chi connectivity index (χ0n) is 13.9. The first kappa shape index (κ1) is 15.0. The van der Waals surface area contributed by atoms with Crippen molar-refractivity contribution in [1.29, 1.82) is 0 Å². The van der Waals surface area contributed by atoms with Crippen molar-refractivity contribution in [3.63, 3.8) is 0 Å². The number of rotatable bonds is 4. The minimum atomic E-state index is 0.789. The molecule has 0 amide bonds. The highest BCUT2D eigenvalue weighted by Crippen LogP contribution is 2.31. The predicted molar refractivity (Wildman–Crippen MR) is 96.9 cm³/mol. The topological polar surface area (TPSA) is 42.3 Å². The molecule has 124 valence electrons. The van der Waals surface area contributed by atoms with Gasteiger partial charge < -0.3 is 19.5 Å². The Hall–Kier alpha value is -2.53. The molecule has 0 aliphatic carbocycles. The maximum absolute atomic E-state index is 5.61. The van der Waals surface area contributed by atoms with Gasteiger partial charge in [-0.25, -0.2) is 4.98 Å². The second kappa shape index (κ2) is 6.53. The fourth-order valence-corrected chi connectivity index (χ4v) is 3.33. The molecule has 0 saturated carbocycles. The molecule has 1 fully saturated rings. The summed E-state index contributed by atoms with van der Waals surface area (Å²) in [6.45, 7) is 4.72. The maximum atomic E-state index is 5.61. The minimum absolute atomic E-state index is 0.789. The molecule has 0 radical (unpaired) electrons. The molecule has 0 unspecified atom stereocenters. The Kier molecular flexibility index (Phi) is 4.09. The molecule has 5 heteroatoms. The van der Waals surface area contributed by atoms with Crippen molar-refractivity contribution in [1.82, 2.24) is 14.9 Å². The van der Waals surface area contributed by atoms with E-state index in [9.17, 15) is 0 Å². The van der Waals surface area contributed by atoms with Gasteiger partial charge in [0, 0.05) is 26.2 Å². The second-order valence-corrected chi connectivity index (χ2v) is 6.05. The number of piperazine rings is 1. The molecule has 1 aliphatic heterocycles. The number of nitrogens with one attached hydrogen (secondary N) is 1. The average Bonchev–Trinajstić information content (AvgIpc) is 3.02. The van der Waals surface area contributed by atoms with Gasteiger partial charge >= 0.3 is 0 Å². The fourth-order valence-electron chi connectivity index (χ4n) is 3.33. The molecule has 2 aromatic carbocycles. The van der Waals surface area contributed by atoms with E-state index in [2.05, 4.69) is 45.1 Å². The van der Waals surface area contributed by atoms with Gasteiger partial charge in [-0.1, -0.05) is 36.4 Å². The Balaban J connectivity index is 1.85. The van der Waals surface area contributed by atoms with Gasteiger partial charge in [0.1, 0.15) is 11.3 Å². The summed E-state index contributed by atoms with van der Waals surface area (Å²) >= 11 is 0. The standard InChI is InChI=1S/C19H22N4O/c1-24-17-9-5-8-16-18(17)23(14-15-6-3-2-4-7-15)19(21-16)22-12-10-20-11-13-22/h2-9,20H,10-14H2,1H3. The summed E-state index contributed by atoms with van der Waals surface area (Å²) in [5.41, 5.74) is 3.32. The van der Waals surface area contributed by atoms with Crippen LogP contribution in [0.15, 0.2) is 48.5 Å². The SMILES string of the molecule is COc1cccc2nc(N3CCNCC3)n(Cc3ccccc3)c12. The lowest BCUT2D eigenvalue weighted by Crippen LogP contribution is -2.44. The molecule has 0 spiro atoms. The molecule has 1 N–H and O–H groups in total. The van der Waals surface area contributed by atoms with Gasteiger partial charge in [-0.3, -0.25) is 0 Å². The number of methoxy groups -OCH3 is 1. The summed E-state index contributed by atoms with van der Waals surface area (Å²) in [6, 6.07) is 16.6. The van der Waals surface area contributed by atoms with E-state index in [1.807, 2.05) is 18.2 Å². The number of para-hydroxylation sites is 1. The second-order valence-electron chi connectivity index (χ2n) is 6.05. The molecular formula is C19H22N4O. The van der Waals surface area contributed by atoms with Crippen LogP contribution < -0.4 is 15.0 Å². The molecule has 2 heterocycles. The van der Waals surface area contributed by atoms with Crippen LogP contribution in [0.2, 0.25) is 0 Å².